The van der Waals surface area contributed by atoms with Crippen LogP contribution in [0.1, 0.15) is 40.0 Å². The Morgan fingerprint density at radius 2 is 2.16 bits per heavy atom. The third-order valence-electron chi connectivity index (χ3n) is 4.33. The quantitative estimate of drug-likeness (QED) is 0.817. The van der Waals surface area contributed by atoms with Gasteiger partial charge in [0.1, 0.15) is 12.4 Å². The molecule has 1 radical (unpaired) electrons. The Bertz CT molecular complexity index is 370. The number of ether oxygens (including phenoxy) is 1. The number of nitrogens with zero attached hydrogens (tertiary/aromatic N) is 1. The minimum atomic E-state index is 0.130. The van der Waals surface area contributed by atoms with Gasteiger partial charge >= 0.3 is 0 Å². The van der Waals surface area contributed by atoms with Crippen molar-refractivity contribution in [1.82, 2.24) is 15.8 Å². The van der Waals surface area contributed by atoms with E-state index >= 15 is 0 Å². The lowest BCUT2D eigenvalue weighted by atomic mass is 9.92. The highest BCUT2D eigenvalue weighted by atomic mass is 16.5. The van der Waals surface area contributed by atoms with E-state index in [4.69, 9.17) is 4.74 Å². The van der Waals surface area contributed by atoms with Crippen LogP contribution in [-0.4, -0.2) is 30.1 Å². The number of fused-ring (bicyclic) bond motifs is 1. The number of nitrogens with one attached hydrogen (secondary N) is 2. The molecule has 1 saturated heterocycles. The van der Waals surface area contributed by atoms with Crippen LogP contribution in [-0.2, 0) is 4.74 Å². The van der Waals surface area contributed by atoms with E-state index in [1.165, 1.54) is 18.5 Å². The van der Waals surface area contributed by atoms with E-state index in [0.29, 0.717) is 12.6 Å². The Hall–Kier alpha value is -0.580. The number of hydrogen-bond acceptors (Lipinski definition) is 4. The van der Waals surface area contributed by atoms with Gasteiger partial charge in [-0.2, -0.15) is 5.01 Å². The highest BCUT2D eigenvalue weighted by Crippen LogP contribution is 2.39. The molecule has 19 heavy (non-hydrogen) atoms. The first-order valence-electron chi connectivity index (χ1n) is 7.43. The molecule has 3 unspecified atom stereocenters. The number of allylic oxidation sites excluding steroid dienone is 1. The van der Waals surface area contributed by atoms with E-state index in [1.807, 2.05) is 0 Å². The van der Waals surface area contributed by atoms with Gasteiger partial charge in [-0.3, -0.25) is 5.32 Å². The van der Waals surface area contributed by atoms with E-state index in [0.717, 1.165) is 12.3 Å². The van der Waals surface area contributed by atoms with Gasteiger partial charge in [0.25, 0.3) is 0 Å². The Balaban J connectivity index is 1.76. The van der Waals surface area contributed by atoms with E-state index in [-0.39, 0.29) is 17.8 Å². The normalized spacial score (nSPS) is 35.8. The lowest BCUT2D eigenvalue weighted by Crippen LogP contribution is -2.62. The molecule has 2 aliphatic heterocycles. The first-order chi connectivity index (χ1) is 8.99. The zero-order chi connectivity index (χ0) is 13.6. The van der Waals surface area contributed by atoms with Gasteiger partial charge in [-0.15, -0.1) is 0 Å². The summed E-state index contributed by atoms with van der Waals surface area (Å²) in [6.07, 6.45) is 6.48. The predicted octanol–water partition coefficient (Wildman–Crippen LogP) is 2.01. The Kier molecular flexibility index (Phi) is 3.36. The van der Waals surface area contributed by atoms with Crippen molar-refractivity contribution in [2.75, 3.05) is 6.61 Å². The molecule has 2 heterocycles. The molecule has 0 aromatic carbocycles. The predicted molar refractivity (Wildman–Crippen MR) is 75.7 cm³/mol. The third-order valence-corrected chi connectivity index (χ3v) is 4.33. The summed E-state index contributed by atoms with van der Waals surface area (Å²) in [5.74, 6) is 0.852. The second-order valence-electron chi connectivity index (χ2n) is 6.97. The standard InChI is InChI=1S/C15H26N3O/c1-5-19-14-8-11(10-6-7-10)16-13-9-12(15(2,3)4)17-18(13)14/h9-11,13-14,16-17H,1,5-8H2,2-4H3. The fourth-order valence-electron chi connectivity index (χ4n) is 3.01. The molecule has 2 N–H and O–H groups in total. The number of hydrogen-bond donors (Lipinski definition) is 2. The molecule has 1 aliphatic carbocycles. The van der Waals surface area contributed by atoms with Crippen LogP contribution < -0.4 is 10.7 Å². The van der Waals surface area contributed by atoms with Crippen molar-refractivity contribution in [3.8, 4) is 0 Å². The summed E-state index contributed by atoms with van der Waals surface area (Å²) in [5, 5.41) is 5.97. The van der Waals surface area contributed by atoms with Gasteiger partial charge in [0.2, 0.25) is 0 Å². The summed E-state index contributed by atoms with van der Waals surface area (Å²) < 4.78 is 5.84. The summed E-state index contributed by atoms with van der Waals surface area (Å²) in [6, 6.07) is 0.593. The number of rotatable bonds is 3. The SMILES string of the molecule is [CH2]COC1CC(C2CC2)NC2C=C(C(C)(C)C)NN21. The van der Waals surface area contributed by atoms with Gasteiger partial charge in [0.15, 0.2) is 0 Å². The minimum Gasteiger partial charge on any atom is -0.361 e. The maximum Gasteiger partial charge on any atom is 0.130 e. The van der Waals surface area contributed by atoms with Crippen LogP contribution in [0, 0.1) is 18.3 Å². The van der Waals surface area contributed by atoms with Crippen molar-refractivity contribution in [3.63, 3.8) is 0 Å². The van der Waals surface area contributed by atoms with Gasteiger partial charge in [0.05, 0.1) is 0 Å². The summed E-state index contributed by atoms with van der Waals surface area (Å²) in [6.45, 7) is 11.1. The zero-order valence-corrected chi connectivity index (χ0v) is 12.3. The van der Waals surface area contributed by atoms with E-state index < -0.39 is 0 Å². The molecule has 107 valence electrons. The van der Waals surface area contributed by atoms with Crippen LogP contribution in [0.4, 0.5) is 0 Å². The molecule has 2 fully saturated rings. The molecule has 3 aliphatic rings. The molecule has 0 bridgehead atoms. The minimum absolute atomic E-state index is 0.130. The molecular weight excluding hydrogens is 238 g/mol. The third kappa shape index (κ3) is 2.67. The molecular formula is C15H26N3O. The lowest BCUT2D eigenvalue weighted by molar-refractivity contribution is -0.117. The lowest BCUT2D eigenvalue weighted by Gasteiger charge is -2.42. The van der Waals surface area contributed by atoms with Crippen LogP contribution >= 0.6 is 0 Å². The number of hydrazine groups is 1. The van der Waals surface area contributed by atoms with Gasteiger partial charge in [-0.05, 0) is 31.8 Å². The van der Waals surface area contributed by atoms with Crippen LogP contribution in [0.2, 0.25) is 0 Å². The smallest absolute Gasteiger partial charge is 0.130 e. The monoisotopic (exact) mass is 264 g/mol. The summed E-state index contributed by atoms with van der Waals surface area (Å²) in [7, 11) is 0. The van der Waals surface area contributed by atoms with Crippen LogP contribution in [0.5, 0.6) is 0 Å². The van der Waals surface area contributed by atoms with E-state index in [2.05, 4.69) is 49.5 Å². The average molecular weight is 264 g/mol. The molecule has 0 spiro atoms. The zero-order valence-electron chi connectivity index (χ0n) is 12.3. The summed E-state index contributed by atoms with van der Waals surface area (Å²) in [4.78, 5) is 0. The van der Waals surface area contributed by atoms with Crippen molar-refractivity contribution < 1.29 is 4.74 Å². The maximum absolute atomic E-state index is 5.84. The second kappa shape index (κ2) is 4.76. The second-order valence-corrected chi connectivity index (χ2v) is 6.97. The molecule has 0 amide bonds. The van der Waals surface area contributed by atoms with Gasteiger partial charge in [-0.25, -0.2) is 0 Å². The van der Waals surface area contributed by atoms with Crippen molar-refractivity contribution in [1.29, 1.82) is 0 Å². The van der Waals surface area contributed by atoms with Gasteiger partial charge < -0.3 is 10.2 Å². The summed E-state index contributed by atoms with van der Waals surface area (Å²) in [5.41, 5.74) is 4.95. The highest BCUT2D eigenvalue weighted by molar-refractivity contribution is 5.18. The molecule has 4 heteroatoms. The molecule has 4 nitrogen and oxygen atoms in total. The van der Waals surface area contributed by atoms with Crippen molar-refractivity contribution >= 4 is 0 Å². The fourth-order valence-corrected chi connectivity index (χ4v) is 3.01. The fraction of sp³-hybridized carbons (Fsp3) is 0.800. The van der Waals surface area contributed by atoms with Crippen LogP contribution in [0.25, 0.3) is 0 Å². The summed E-state index contributed by atoms with van der Waals surface area (Å²) >= 11 is 0. The maximum atomic E-state index is 5.84. The topological polar surface area (TPSA) is 36.5 Å². The Labute approximate surface area is 116 Å². The first kappa shape index (κ1) is 13.4. The molecule has 1 saturated carbocycles. The van der Waals surface area contributed by atoms with Crippen LogP contribution in [0.3, 0.4) is 0 Å². The van der Waals surface area contributed by atoms with E-state index in [1.54, 1.807) is 0 Å². The first-order valence-corrected chi connectivity index (χ1v) is 7.43. The molecule has 3 rings (SSSR count). The molecule has 0 aromatic rings. The van der Waals surface area contributed by atoms with E-state index in [9.17, 15) is 0 Å². The van der Waals surface area contributed by atoms with Crippen molar-refractivity contribution in [3.05, 3.63) is 18.7 Å². The van der Waals surface area contributed by atoms with Gasteiger partial charge in [-0.1, -0.05) is 20.8 Å². The largest absolute Gasteiger partial charge is 0.361 e. The van der Waals surface area contributed by atoms with Gasteiger partial charge in [0, 0.05) is 30.2 Å². The van der Waals surface area contributed by atoms with Crippen molar-refractivity contribution in [2.24, 2.45) is 11.3 Å². The Morgan fingerprint density at radius 3 is 2.74 bits per heavy atom. The van der Waals surface area contributed by atoms with Crippen molar-refractivity contribution in [2.45, 2.75) is 58.5 Å². The molecule has 3 atom stereocenters. The molecule has 0 aromatic heterocycles. The Morgan fingerprint density at radius 1 is 1.42 bits per heavy atom. The van der Waals surface area contributed by atoms with Crippen LogP contribution in [0.15, 0.2) is 11.8 Å². The highest BCUT2D eigenvalue weighted by Gasteiger charge is 2.44. The average Bonchev–Trinajstić information content (AvgIpc) is 3.07.